The number of hydrogen-bond donors (Lipinski definition) is 1. The second kappa shape index (κ2) is 7.28. The topological polar surface area (TPSA) is 84.8 Å². The van der Waals surface area contributed by atoms with Crippen molar-refractivity contribution in [2.75, 3.05) is 11.1 Å². The van der Waals surface area contributed by atoms with Crippen molar-refractivity contribution >= 4 is 27.0 Å². The van der Waals surface area contributed by atoms with Crippen molar-refractivity contribution in [1.29, 1.82) is 0 Å². The van der Waals surface area contributed by atoms with Gasteiger partial charge in [-0.15, -0.1) is 11.3 Å². The number of nitrogens with one attached hydrogen (secondary N) is 1. The molecule has 0 fully saturated rings. The highest BCUT2D eigenvalue weighted by atomic mass is 32.2. The Hall–Kier alpha value is -2.32. The maximum Gasteiger partial charge on any atom is 0.187 e. The monoisotopic (exact) mass is 374 g/mol. The van der Waals surface area contributed by atoms with Crippen LogP contribution in [0.4, 0.5) is 5.82 Å². The number of nitrogens with zero attached hydrogens (tertiary/aromatic N) is 3. The molecule has 0 saturated heterocycles. The number of anilines is 1. The summed E-state index contributed by atoms with van der Waals surface area (Å²) < 4.78 is 24.2. The Morgan fingerprint density at radius 2 is 1.96 bits per heavy atom. The van der Waals surface area contributed by atoms with Crippen molar-refractivity contribution in [2.24, 2.45) is 0 Å². The van der Waals surface area contributed by atoms with E-state index in [2.05, 4.69) is 20.3 Å². The fourth-order valence-corrected chi connectivity index (χ4v) is 4.66. The Labute approximate surface area is 150 Å². The number of aryl methyl sites for hydroxylation is 1. The highest BCUT2D eigenvalue weighted by molar-refractivity contribution is 7.93. The van der Waals surface area contributed by atoms with E-state index in [1.807, 2.05) is 37.3 Å². The van der Waals surface area contributed by atoms with Gasteiger partial charge in [-0.3, -0.25) is 4.98 Å². The van der Waals surface area contributed by atoms with Gasteiger partial charge in [0.15, 0.2) is 9.84 Å². The predicted molar refractivity (Wildman–Crippen MR) is 99.4 cm³/mol. The molecule has 0 aliphatic rings. The molecule has 0 bridgehead atoms. The third-order valence-corrected chi connectivity index (χ3v) is 6.93. The van der Waals surface area contributed by atoms with E-state index in [0.717, 1.165) is 16.3 Å². The van der Waals surface area contributed by atoms with Gasteiger partial charge in [0.25, 0.3) is 0 Å². The molecule has 3 aromatic rings. The molecule has 1 N–H and O–H groups in total. The molecule has 0 atom stereocenters. The molecule has 0 amide bonds. The fourth-order valence-electron chi connectivity index (χ4n) is 2.24. The van der Waals surface area contributed by atoms with Crippen LogP contribution in [-0.2, 0) is 16.4 Å². The lowest BCUT2D eigenvalue weighted by atomic mass is 10.2. The van der Waals surface area contributed by atoms with E-state index >= 15 is 0 Å². The lowest BCUT2D eigenvalue weighted by molar-refractivity contribution is 0.599. The lowest BCUT2D eigenvalue weighted by Crippen LogP contribution is -2.03. The zero-order valence-electron chi connectivity index (χ0n) is 13.9. The number of sulfone groups is 1. The van der Waals surface area contributed by atoms with Crippen LogP contribution in [0.3, 0.4) is 0 Å². The van der Waals surface area contributed by atoms with Crippen LogP contribution in [0.2, 0.25) is 0 Å². The van der Waals surface area contributed by atoms with Crippen LogP contribution in [0, 0.1) is 6.92 Å². The Balaban J connectivity index is 1.77. The second-order valence-electron chi connectivity index (χ2n) is 5.38. The van der Waals surface area contributed by atoms with Gasteiger partial charge < -0.3 is 5.32 Å². The molecule has 0 aromatic carbocycles. The first-order valence-corrected chi connectivity index (χ1v) is 10.3. The van der Waals surface area contributed by atoms with Crippen molar-refractivity contribution in [3.63, 3.8) is 0 Å². The minimum Gasteiger partial charge on any atom is -0.365 e. The van der Waals surface area contributed by atoms with Crippen molar-refractivity contribution in [3.8, 4) is 11.4 Å². The van der Waals surface area contributed by atoms with E-state index in [4.69, 9.17) is 0 Å². The van der Waals surface area contributed by atoms with Crippen molar-refractivity contribution in [1.82, 2.24) is 15.0 Å². The highest BCUT2D eigenvalue weighted by Crippen LogP contribution is 2.24. The molecule has 3 rings (SSSR count). The molecule has 0 aliphatic carbocycles. The first-order valence-electron chi connectivity index (χ1n) is 7.80. The van der Waals surface area contributed by atoms with Crippen LogP contribution in [0.15, 0.2) is 46.8 Å². The lowest BCUT2D eigenvalue weighted by Gasteiger charge is -2.07. The zero-order chi connectivity index (χ0) is 17.9. The van der Waals surface area contributed by atoms with E-state index in [1.54, 1.807) is 19.2 Å². The maximum absolute atomic E-state index is 11.9. The summed E-state index contributed by atoms with van der Waals surface area (Å²) in [5.74, 6) is 1.44. The number of aromatic nitrogens is 3. The molecule has 25 heavy (non-hydrogen) atoms. The number of pyridine rings is 1. The third kappa shape index (κ3) is 4.21. The molecule has 6 nitrogen and oxygen atoms in total. The molecule has 3 heterocycles. The van der Waals surface area contributed by atoms with Gasteiger partial charge in [0, 0.05) is 17.1 Å². The predicted octanol–water partition coefficient (Wildman–Crippen LogP) is 3.31. The summed E-state index contributed by atoms with van der Waals surface area (Å²) in [6, 6.07) is 11.0. The van der Waals surface area contributed by atoms with Crippen LogP contribution in [0.25, 0.3) is 11.4 Å². The van der Waals surface area contributed by atoms with E-state index < -0.39 is 9.84 Å². The largest absolute Gasteiger partial charge is 0.365 e. The Kier molecular flexibility index (Phi) is 5.10. The molecule has 130 valence electrons. The molecule has 0 radical (unpaired) electrons. The van der Waals surface area contributed by atoms with Gasteiger partial charge >= 0.3 is 0 Å². The summed E-state index contributed by atoms with van der Waals surface area (Å²) in [5, 5.41) is 3.23. The summed E-state index contributed by atoms with van der Waals surface area (Å²) in [5.41, 5.74) is 1.53. The van der Waals surface area contributed by atoms with E-state index in [9.17, 15) is 8.42 Å². The van der Waals surface area contributed by atoms with Crippen LogP contribution in [0.5, 0.6) is 0 Å². The molecule has 0 saturated carbocycles. The number of hydrogen-bond acceptors (Lipinski definition) is 7. The summed E-state index contributed by atoms with van der Waals surface area (Å²) in [7, 11) is -3.15. The number of thiophene rings is 1. The van der Waals surface area contributed by atoms with Gasteiger partial charge in [0.1, 0.15) is 15.9 Å². The van der Waals surface area contributed by atoms with Crippen LogP contribution in [0.1, 0.15) is 17.6 Å². The van der Waals surface area contributed by atoms with Gasteiger partial charge in [-0.25, -0.2) is 18.4 Å². The van der Waals surface area contributed by atoms with Crippen LogP contribution >= 0.6 is 11.3 Å². The van der Waals surface area contributed by atoms with Gasteiger partial charge in [-0.2, -0.15) is 0 Å². The Morgan fingerprint density at radius 3 is 2.68 bits per heavy atom. The molecule has 8 heteroatoms. The molecule has 0 unspecified atom stereocenters. The summed E-state index contributed by atoms with van der Waals surface area (Å²) >= 11 is 1.28. The highest BCUT2D eigenvalue weighted by Gasteiger charge is 2.14. The summed E-state index contributed by atoms with van der Waals surface area (Å²) in [6.45, 7) is 3.98. The van der Waals surface area contributed by atoms with Gasteiger partial charge in [0.05, 0.1) is 23.7 Å². The second-order valence-corrected chi connectivity index (χ2v) is 9.05. The van der Waals surface area contributed by atoms with Crippen LogP contribution < -0.4 is 5.32 Å². The van der Waals surface area contributed by atoms with E-state index in [-0.39, 0.29) is 5.75 Å². The molecule has 0 aliphatic heterocycles. The SMILES string of the molecule is CCS(=O)(=O)c1ccc(CNc2cc(-c3ccccn3)nc(C)n2)s1. The van der Waals surface area contributed by atoms with Gasteiger partial charge in [-0.1, -0.05) is 13.0 Å². The normalized spacial score (nSPS) is 11.4. The van der Waals surface area contributed by atoms with Crippen molar-refractivity contribution in [3.05, 3.63) is 53.3 Å². The zero-order valence-corrected chi connectivity index (χ0v) is 15.6. The summed E-state index contributed by atoms with van der Waals surface area (Å²) in [6.07, 6.45) is 1.72. The van der Waals surface area contributed by atoms with Gasteiger partial charge in [0.2, 0.25) is 0 Å². The average molecular weight is 374 g/mol. The number of rotatable bonds is 6. The first-order chi connectivity index (χ1) is 12.0. The Bertz CT molecular complexity index is 969. The smallest absolute Gasteiger partial charge is 0.187 e. The van der Waals surface area contributed by atoms with Crippen LogP contribution in [-0.4, -0.2) is 29.1 Å². The third-order valence-electron chi connectivity index (χ3n) is 3.53. The van der Waals surface area contributed by atoms with Gasteiger partial charge in [-0.05, 0) is 31.2 Å². The van der Waals surface area contributed by atoms with Crippen molar-refractivity contribution in [2.45, 2.75) is 24.6 Å². The molecule has 3 aromatic heterocycles. The first kappa shape index (κ1) is 17.5. The fraction of sp³-hybridized carbons (Fsp3) is 0.235. The Morgan fingerprint density at radius 1 is 1.12 bits per heavy atom. The minimum absolute atomic E-state index is 0.110. The van der Waals surface area contributed by atoms with E-state index in [1.165, 1.54) is 11.3 Å². The summed E-state index contributed by atoms with van der Waals surface area (Å²) in [4.78, 5) is 14.0. The average Bonchev–Trinajstić information content (AvgIpc) is 3.10. The molecular weight excluding hydrogens is 356 g/mol. The minimum atomic E-state index is -3.15. The molecule has 0 spiro atoms. The molecular formula is C17H18N4O2S2. The standard InChI is InChI=1S/C17H18N4O2S2/c1-3-25(22,23)17-8-7-13(24-17)11-19-16-10-15(20-12(2)21-16)14-6-4-5-9-18-14/h4-10H,3,11H2,1-2H3,(H,19,20,21). The quantitative estimate of drug-likeness (QED) is 0.712. The van der Waals surface area contributed by atoms with Crippen molar-refractivity contribution < 1.29 is 8.42 Å². The van der Waals surface area contributed by atoms with E-state index in [0.29, 0.717) is 22.4 Å². The maximum atomic E-state index is 11.9.